The van der Waals surface area contributed by atoms with Crippen LogP contribution < -0.4 is 9.47 Å². The lowest BCUT2D eigenvalue weighted by Crippen LogP contribution is -2.01. The predicted octanol–water partition coefficient (Wildman–Crippen LogP) is 4.94. The first-order valence-corrected chi connectivity index (χ1v) is 8.59. The number of carbonyl (C=O) groups is 1. The second-order valence-corrected chi connectivity index (χ2v) is 5.93. The lowest BCUT2D eigenvalue weighted by molar-refractivity contribution is -0.131. The molecule has 3 rings (SSSR count). The summed E-state index contributed by atoms with van der Waals surface area (Å²) < 4.78 is 11.9. The van der Waals surface area contributed by atoms with Crippen LogP contribution in [0.15, 0.2) is 84.9 Å². The van der Waals surface area contributed by atoms with Gasteiger partial charge in [-0.3, -0.25) is 0 Å². The van der Waals surface area contributed by atoms with Crippen molar-refractivity contribution in [2.45, 2.75) is 13.2 Å². The third-order valence-electron chi connectivity index (χ3n) is 3.86. The number of aliphatic carboxylic acids is 1. The molecule has 136 valence electrons. The highest BCUT2D eigenvalue weighted by Gasteiger charge is 2.08. The largest absolute Gasteiger partial charge is 0.485 e. The van der Waals surface area contributed by atoms with Gasteiger partial charge in [0.05, 0.1) is 0 Å². The molecular formula is C23H20O4. The van der Waals surface area contributed by atoms with Crippen molar-refractivity contribution < 1.29 is 19.4 Å². The molecule has 0 radical (unpaired) electrons. The zero-order valence-corrected chi connectivity index (χ0v) is 14.7. The molecular weight excluding hydrogens is 340 g/mol. The van der Waals surface area contributed by atoms with E-state index in [0.717, 1.165) is 22.8 Å². The van der Waals surface area contributed by atoms with Gasteiger partial charge in [0, 0.05) is 6.08 Å². The molecule has 0 heterocycles. The SMILES string of the molecule is O=C(O)C=Cc1ccc(OCc2ccccc2)c(OCc2ccccc2)c1. The minimum Gasteiger partial charge on any atom is -0.485 e. The van der Waals surface area contributed by atoms with E-state index in [0.29, 0.717) is 24.7 Å². The van der Waals surface area contributed by atoms with Crippen LogP contribution in [0.3, 0.4) is 0 Å². The maximum atomic E-state index is 10.8. The summed E-state index contributed by atoms with van der Waals surface area (Å²) in [6.07, 6.45) is 2.62. The van der Waals surface area contributed by atoms with Crippen LogP contribution in [0.1, 0.15) is 16.7 Å². The van der Waals surface area contributed by atoms with Gasteiger partial charge in [-0.15, -0.1) is 0 Å². The van der Waals surface area contributed by atoms with Gasteiger partial charge in [0.25, 0.3) is 0 Å². The Balaban J connectivity index is 1.78. The van der Waals surface area contributed by atoms with Crippen molar-refractivity contribution in [2.24, 2.45) is 0 Å². The first kappa shape index (κ1) is 18.3. The van der Waals surface area contributed by atoms with Crippen molar-refractivity contribution in [2.75, 3.05) is 0 Å². The number of carboxylic acid groups (broad SMARTS) is 1. The van der Waals surface area contributed by atoms with Gasteiger partial charge in [0.15, 0.2) is 11.5 Å². The molecule has 4 heteroatoms. The summed E-state index contributed by atoms with van der Waals surface area (Å²) in [7, 11) is 0. The number of hydrogen-bond donors (Lipinski definition) is 1. The molecule has 27 heavy (non-hydrogen) atoms. The highest BCUT2D eigenvalue weighted by molar-refractivity contribution is 5.85. The normalized spacial score (nSPS) is 10.7. The van der Waals surface area contributed by atoms with E-state index in [1.807, 2.05) is 60.7 Å². The summed E-state index contributed by atoms with van der Waals surface area (Å²) in [5.74, 6) is 0.191. The van der Waals surface area contributed by atoms with Crippen molar-refractivity contribution >= 4 is 12.0 Å². The topological polar surface area (TPSA) is 55.8 Å². The molecule has 0 saturated carbocycles. The Kier molecular flexibility index (Phi) is 6.26. The molecule has 0 aliphatic rings. The number of ether oxygens (including phenoxy) is 2. The minimum atomic E-state index is -0.994. The smallest absolute Gasteiger partial charge is 0.328 e. The van der Waals surface area contributed by atoms with Gasteiger partial charge in [0.2, 0.25) is 0 Å². The van der Waals surface area contributed by atoms with Crippen LogP contribution in [0.25, 0.3) is 6.08 Å². The molecule has 0 aromatic heterocycles. The van der Waals surface area contributed by atoms with Crippen molar-refractivity contribution in [3.63, 3.8) is 0 Å². The number of carboxylic acids is 1. The van der Waals surface area contributed by atoms with Crippen LogP contribution in [-0.2, 0) is 18.0 Å². The lowest BCUT2D eigenvalue weighted by Gasteiger charge is -2.14. The molecule has 0 amide bonds. The fraction of sp³-hybridized carbons (Fsp3) is 0.0870. The van der Waals surface area contributed by atoms with E-state index in [2.05, 4.69) is 0 Å². The Morgan fingerprint density at radius 2 is 1.33 bits per heavy atom. The van der Waals surface area contributed by atoms with E-state index in [4.69, 9.17) is 14.6 Å². The third kappa shape index (κ3) is 5.75. The van der Waals surface area contributed by atoms with Crippen molar-refractivity contribution in [1.29, 1.82) is 0 Å². The molecule has 0 spiro atoms. The Bertz CT molecular complexity index is 902. The molecule has 0 aliphatic heterocycles. The van der Waals surface area contributed by atoms with E-state index in [1.165, 1.54) is 6.08 Å². The molecule has 3 aromatic carbocycles. The first-order chi connectivity index (χ1) is 13.2. The Morgan fingerprint density at radius 1 is 0.778 bits per heavy atom. The van der Waals surface area contributed by atoms with Crippen molar-refractivity contribution in [3.05, 3.63) is 102 Å². The quantitative estimate of drug-likeness (QED) is 0.578. The summed E-state index contributed by atoms with van der Waals surface area (Å²) in [6, 6.07) is 25.1. The Morgan fingerprint density at radius 3 is 1.89 bits per heavy atom. The van der Waals surface area contributed by atoms with Crippen LogP contribution >= 0.6 is 0 Å². The molecule has 0 aliphatic carbocycles. The average molecular weight is 360 g/mol. The molecule has 3 aromatic rings. The second kappa shape index (κ2) is 9.25. The maximum absolute atomic E-state index is 10.8. The summed E-state index contributed by atoms with van der Waals surface area (Å²) >= 11 is 0. The summed E-state index contributed by atoms with van der Waals surface area (Å²) in [4.78, 5) is 10.8. The van der Waals surface area contributed by atoms with Crippen LogP contribution in [0.4, 0.5) is 0 Å². The number of hydrogen-bond acceptors (Lipinski definition) is 3. The molecule has 0 saturated heterocycles. The fourth-order valence-corrected chi connectivity index (χ4v) is 2.50. The second-order valence-electron chi connectivity index (χ2n) is 5.93. The predicted molar refractivity (Wildman–Crippen MR) is 105 cm³/mol. The van der Waals surface area contributed by atoms with Gasteiger partial charge in [0.1, 0.15) is 13.2 Å². The van der Waals surface area contributed by atoms with E-state index >= 15 is 0 Å². The highest BCUT2D eigenvalue weighted by Crippen LogP contribution is 2.30. The molecule has 0 bridgehead atoms. The standard InChI is InChI=1S/C23H20O4/c24-23(25)14-12-18-11-13-21(26-16-19-7-3-1-4-8-19)22(15-18)27-17-20-9-5-2-6-10-20/h1-15H,16-17H2,(H,24,25). The van der Waals surface area contributed by atoms with E-state index in [9.17, 15) is 4.79 Å². The van der Waals surface area contributed by atoms with E-state index in [-0.39, 0.29) is 0 Å². The van der Waals surface area contributed by atoms with Crippen LogP contribution in [0.2, 0.25) is 0 Å². The maximum Gasteiger partial charge on any atom is 0.328 e. The minimum absolute atomic E-state index is 0.397. The van der Waals surface area contributed by atoms with Crippen LogP contribution in [0, 0.1) is 0 Å². The first-order valence-electron chi connectivity index (χ1n) is 8.59. The molecule has 0 unspecified atom stereocenters. The number of rotatable bonds is 8. The monoisotopic (exact) mass is 360 g/mol. The highest BCUT2D eigenvalue weighted by atomic mass is 16.5. The Labute approximate surface area is 158 Å². The average Bonchev–Trinajstić information content (AvgIpc) is 2.71. The van der Waals surface area contributed by atoms with Gasteiger partial charge >= 0.3 is 5.97 Å². The summed E-state index contributed by atoms with van der Waals surface area (Å²) in [6.45, 7) is 0.821. The fourth-order valence-electron chi connectivity index (χ4n) is 2.50. The third-order valence-corrected chi connectivity index (χ3v) is 3.86. The van der Waals surface area contributed by atoms with Crippen molar-refractivity contribution in [1.82, 2.24) is 0 Å². The lowest BCUT2D eigenvalue weighted by atomic mass is 10.2. The van der Waals surface area contributed by atoms with Gasteiger partial charge in [-0.1, -0.05) is 66.7 Å². The summed E-state index contributed by atoms with van der Waals surface area (Å²) in [5.41, 5.74) is 2.83. The molecule has 4 nitrogen and oxygen atoms in total. The molecule has 1 N–H and O–H groups in total. The van der Waals surface area contributed by atoms with Gasteiger partial charge in [-0.2, -0.15) is 0 Å². The summed E-state index contributed by atoms with van der Waals surface area (Å²) in [5, 5.41) is 8.82. The van der Waals surface area contributed by atoms with Crippen LogP contribution in [0.5, 0.6) is 11.5 Å². The van der Waals surface area contributed by atoms with E-state index < -0.39 is 5.97 Å². The van der Waals surface area contributed by atoms with Crippen molar-refractivity contribution in [3.8, 4) is 11.5 Å². The Hall–Kier alpha value is -3.53. The number of benzene rings is 3. The van der Waals surface area contributed by atoms with E-state index in [1.54, 1.807) is 18.2 Å². The molecule has 0 atom stereocenters. The zero-order chi connectivity index (χ0) is 18.9. The van der Waals surface area contributed by atoms with Gasteiger partial charge < -0.3 is 14.6 Å². The van der Waals surface area contributed by atoms with Gasteiger partial charge in [-0.05, 0) is 34.9 Å². The van der Waals surface area contributed by atoms with Crippen LogP contribution in [-0.4, -0.2) is 11.1 Å². The zero-order valence-electron chi connectivity index (χ0n) is 14.7. The molecule has 0 fully saturated rings. The van der Waals surface area contributed by atoms with Gasteiger partial charge in [-0.25, -0.2) is 4.79 Å².